The van der Waals surface area contributed by atoms with E-state index in [1.54, 1.807) is 21.8 Å². The zero-order chi connectivity index (χ0) is 20.4. The lowest BCUT2D eigenvalue weighted by Crippen LogP contribution is -2.49. The van der Waals surface area contributed by atoms with E-state index in [9.17, 15) is 18.0 Å². The third kappa shape index (κ3) is 4.52. The number of carbonyl (C=O) groups is 1. The van der Waals surface area contributed by atoms with Crippen LogP contribution in [-0.4, -0.2) is 64.7 Å². The van der Waals surface area contributed by atoms with Gasteiger partial charge in [-0.1, -0.05) is 11.3 Å². The number of anilines is 1. The van der Waals surface area contributed by atoms with Crippen LogP contribution in [0.4, 0.5) is 18.9 Å². The van der Waals surface area contributed by atoms with E-state index in [0.717, 1.165) is 31.6 Å². The number of hydrogen-bond donors (Lipinski definition) is 0. The minimum atomic E-state index is -4.37. The lowest BCUT2D eigenvalue weighted by atomic mass is 10.1. The Bertz CT molecular complexity index is 856. The topological polar surface area (TPSA) is 63.5 Å². The Hall–Kier alpha value is -2.62. The second kappa shape index (κ2) is 8.02. The molecule has 1 aromatic carbocycles. The number of rotatable bonds is 4. The fourth-order valence-electron chi connectivity index (χ4n) is 3.69. The first-order valence-corrected chi connectivity index (χ1v) is 9.63. The van der Waals surface area contributed by atoms with Crippen molar-refractivity contribution in [2.24, 2.45) is 0 Å². The summed E-state index contributed by atoms with van der Waals surface area (Å²) in [5, 5.41) is 7.99. The van der Waals surface area contributed by atoms with Gasteiger partial charge in [-0.15, -0.1) is 5.10 Å². The van der Waals surface area contributed by atoms with Crippen LogP contribution in [0.5, 0.6) is 0 Å². The van der Waals surface area contributed by atoms with E-state index < -0.39 is 11.7 Å². The van der Waals surface area contributed by atoms with Crippen LogP contribution in [0.25, 0.3) is 0 Å². The molecule has 2 fully saturated rings. The van der Waals surface area contributed by atoms with Gasteiger partial charge in [-0.3, -0.25) is 4.79 Å². The number of nitrogens with zero attached hydrogens (tertiary/aromatic N) is 5. The van der Waals surface area contributed by atoms with E-state index in [0.29, 0.717) is 38.4 Å². The lowest BCUT2D eigenvalue weighted by molar-refractivity contribution is -0.137. The van der Waals surface area contributed by atoms with Crippen LogP contribution in [0.1, 0.15) is 28.9 Å². The van der Waals surface area contributed by atoms with Gasteiger partial charge >= 0.3 is 6.18 Å². The van der Waals surface area contributed by atoms with E-state index in [1.165, 1.54) is 6.07 Å². The highest BCUT2D eigenvalue weighted by Gasteiger charge is 2.31. The SMILES string of the molecule is O=C(c1cn(C[C@H]2CCCO2)nn1)N1CCN(c2cccc(C(F)(F)F)c2)CC1. The Kier molecular flexibility index (Phi) is 5.44. The molecule has 1 amide bonds. The number of halogens is 3. The Morgan fingerprint density at radius 1 is 1.21 bits per heavy atom. The number of piperazine rings is 1. The van der Waals surface area contributed by atoms with Crippen LogP contribution in [0, 0.1) is 0 Å². The van der Waals surface area contributed by atoms with Gasteiger partial charge in [-0.2, -0.15) is 13.2 Å². The molecule has 3 heterocycles. The van der Waals surface area contributed by atoms with E-state index in [4.69, 9.17) is 4.74 Å². The Morgan fingerprint density at radius 2 is 2.00 bits per heavy atom. The number of ether oxygens (including phenoxy) is 1. The first kappa shape index (κ1) is 19.7. The molecule has 0 unspecified atom stereocenters. The van der Waals surface area contributed by atoms with Crippen molar-refractivity contribution in [3.05, 3.63) is 41.7 Å². The van der Waals surface area contributed by atoms with Crippen molar-refractivity contribution in [2.45, 2.75) is 31.7 Å². The van der Waals surface area contributed by atoms with Crippen LogP contribution in [0.3, 0.4) is 0 Å². The summed E-state index contributed by atoms with van der Waals surface area (Å²) in [6.07, 6.45) is -0.635. The average Bonchev–Trinajstić information content (AvgIpc) is 3.40. The van der Waals surface area contributed by atoms with Crippen molar-refractivity contribution < 1.29 is 22.7 Å². The molecular formula is C19H22F3N5O2. The number of amides is 1. The van der Waals surface area contributed by atoms with Gasteiger partial charge in [-0.25, -0.2) is 4.68 Å². The maximum absolute atomic E-state index is 12.9. The molecule has 2 aromatic rings. The minimum absolute atomic E-state index is 0.107. The van der Waals surface area contributed by atoms with Gasteiger partial charge in [0.15, 0.2) is 5.69 Å². The summed E-state index contributed by atoms with van der Waals surface area (Å²) in [4.78, 5) is 16.2. The van der Waals surface area contributed by atoms with E-state index >= 15 is 0 Å². The standard InChI is InChI=1S/C19H22F3N5O2/c20-19(21,22)14-3-1-4-15(11-14)25-6-8-26(9-7-25)18(28)17-13-27(24-23-17)12-16-5-2-10-29-16/h1,3-4,11,13,16H,2,5-10,12H2/t16-/m1/s1. The fraction of sp³-hybridized carbons (Fsp3) is 0.526. The normalized spacial score (nSPS) is 20.3. The summed E-state index contributed by atoms with van der Waals surface area (Å²) >= 11 is 0. The number of alkyl halides is 3. The van der Waals surface area contributed by atoms with E-state index in [1.807, 2.05) is 4.90 Å². The highest BCUT2D eigenvalue weighted by atomic mass is 19.4. The summed E-state index contributed by atoms with van der Waals surface area (Å²) in [7, 11) is 0. The fourth-order valence-corrected chi connectivity index (χ4v) is 3.69. The summed E-state index contributed by atoms with van der Waals surface area (Å²) in [5.41, 5.74) is 0.112. The molecule has 0 saturated carbocycles. The monoisotopic (exact) mass is 409 g/mol. The van der Waals surface area contributed by atoms with Crippen molar-refractivity contribution in [3.8, 4) is 0 Å². The summed E-state index contributed by atoms with van der Waals surface area (Å²) < 4.78 is 46.0. The van der Waals surface area contributed by atoms with Crippen LogP contribution in [0.15, 0.2) is 30.5 Å². The van der Waals surface area contributed by atoms with Gasteiger partial charge in [0.05, 0.1) is 24.4 Å². The van der Waals surface area contributed by atoms with E-state index in [2.05, 4.69) is 10.3 Å². The number of aromatic nitrogens is 3. The molecular weight excluding hydrogens is 387 g/mol. The first-order valence-electron chi connectivity index (χ1n) is 9.63. The van der Waals surface area contributed by atoms with Gasteiger partial charge in [0, 0.05) is 38.5 Å². The Labute approximate surface area is 166 Å². The van der Waals surface area contributed by atoms with Crippen molar-refractivity contribution in [1.82, 2.24) is 19.9 Å². The maximum Gasteiger partial charge on any atom is 0.416 e. The summed E-state index contributed by atoms with van der Waals surface area (Å²) in [6, 6.07) is 5.27. The molecule has 7 nitrogen and oxygen atoms in total. The summed E-state index contributed by atoms with van der Waals surface area (Å²) in [5.74, 6) is -0.215. The minimum Gasteiger partial charge on any atom is -0.376 e. The molecule has 10 heteroatoms. The molecule has 0 aliphatic carbocycles. The average molecular weight is 409 g/mol. The zero-order valence-electron chi connectivity index (χ0n) is 15.8. The quantitative estimate of drug-likeness (QED) is 0.776. The molecule has 2 aliphatic rings. The van der Waals surface area contributed by atoms with Crippen LogP contribution >= 0.6 is 0 Å². The van der Waals surface area contributed by atoms with Gasteiger partial charge in [0.2, 0.25) is 0 Å². The number of hydrogen-bond acceptors (Lipinski definition) is 5. The predicted molar refractivity (Wildman–Crippen MR) is 98.6 cm³/mol. The van der Waals surface area contributed by atoms with Crippen molar-refractivity contribution >= 4 is 11.6 Å². The van der Waals surface area contributed by atoms with Crippen molar-refractivity contribution in [3.63, 3.8) is 0 Å². The first-order chi connectivity index (χ1) is 13.9. The highest BCUT2D eigenvalue weighted by molar-refractivity contribution is 5.92. The van der Waals surface area contributed by atoms with Crippen molar-refractivity contribution in [2.75, 3.05) is 37.7 Å². The largest absolute Gasteiger partial charge is 0.416 e. The molecule has 156 valence electrons. The Balaban J connectivity index is 1.35. The second-order valence-electron chi connectivity index (χ2n) is 7.29. The molecule has 2 saturated heterocycles. The molecule has 0 bridgehead atoms. The Morgan fingerprint density at radius 3 is 2.69 bits per heavy atom. The number of benzene rings is 1. The second-order valence-corrected chi connectivity index (χ2v) is 7.29. The molecule has 1 aromatic heterocycles. The third-order valence-electron chi connectivity index (χ3n) is 5.28. The van der Waals surface area contributed by atoms with E-state index in [-0.39, 0.29) is 17.7 Å². The molecule has 1 atom stereocenters. The van der Waals surface area contributed by atoms with Gasteiger partial charge < -0.3 is 14.5 Å². The van der Waals surface area contributed by atoms with Gasteiger partial charge in [0.1, 0.15) is 0 Å². The lowest BCUT2D eigenvalue weighted by Gasteiger charge is -2.36. The predicted octanol–water partition coefficient (Wildman–Crippen LogP) is 2.44. The summed E-state index contributed by atoms with van der Waals surface area (Å²) in [6.45, 7) is 3.06. The molecule has 29 heavy (non-hydrogen) atoms. The molecule has 0 radical (unpaired) electrons. The smallest absolute Gasteiger partial charge is 0.376 e. The third-order valence-corrected chi connectivity index (χ3v) is 5.28. The van der Waals surface area contributed by atoms with Crippen LogP contribution < -0.4 is 4.90 Å². The molecule has 0 spiro atoms. The van der Waals surface area contributed by atoms with Crippen LogP contribution in [0.2, 0.25) is 0 Å². The molecule has 4 rings (SSSR count). The van der Waals surface area contributed by atoms with Crippen molar-refractivity contribution in [1.29, 1.82) is 0 Å². The van der Waals surface area contributed by atoms with Gasteiger partial charge in [-0.05, 0) is 31.0 Å². The molecule has 0 N–H and O–H groups in total. The van der Waals surface area contributed by atoms with Gasteiger partial charge in [0.25, 0.3) is 5.91 Å². The zero-order valence-corrected chi connectivity index (χ0v) is 15.8. The number of carbonyl (C=O) groups excluding carboxylic acids is 1. The highest BCUT2D eigenvalue weighted by Crippen LogP contribution is 2.31. The van der Waals surface area contributed by atoms with Crippen LogP contribution in [-0.2, 0) is 17.5 Å². The maximum atomic E-state index is 12.9. The molecule has 2 aliphatic heterocycles.